The molecule has 2 N–H and O–H groups in total. The van der Waals surface area contributed by atoms with Crippen molar-refractivity contribution in [2.45, 2.75) is 38.3 Å². The Kier molecular flexibility index (Phi) is 7.02. The van der Waals surface area contributed by atoms with E-state index in [4.69, 9.17) is 4.74 Å². The molecule has 9 nitrogen and oxygen atoms in total. The van der Waals surface area contributed by atoms with Crippen LogP contribution in [0, 0.1) is 0 Å². The van der Waals surface area contributed by atoms with Crippen LogP contribution in [0.15, 0.2) is 55.0 Å². The number of hydrogen-bond acceptors (Lipinski definition) is 7. The molecular weight excluding hydrogens is 478 g/mol. The second kappa shape index (κ2) is 10.9. The van der Waals surface area contributed by atoms with Gasteiger partial charge in [-0.2, -0.15) is 5.10 Å². The summed E-state index contributed by atoms with van der Waals surface area (Å²) in [7, 11) is 2.13. The topological polar surface area (TPSA) is 99.3 Å². The molecule has 6 rings (SSSR count). The predicted molar refractivity (Wildman–Crippen MR) is 147 cm³/mol. The highest BCUT2D eigenvalue weighted by Gasteiger charge is 2.19. The lowest BCUT2D eigenvalue weighted by Crippen LogP contribution is -2.35. The van der Waals surface area contributed by atoms with Crippen LogP contribution in [0.25, 0.3) is 22.0 Å². The highest BCUT2D eigenvalue weighted by molar-refractivity contribution is 6.11. The van der Waals surface area contributed by atoms with Gasteiger partial charge in [-0.1, -0.05) is 6.07 Å². The molecule has 5 heterocycles. The number of ether oxygens (including phenoxy) is 1. The number of fused-ring (bicyclic) bond motifs is 1. The zero-order chi connectivity index (χ0) is 25.9. The molecule has 4 aromatic rings. The number of hydrogen-bond donors (Lipinski definition) is 2. The van der Waals surface area contributed by atoms with Gasteiger partial charge in [0, 0.05) is 49.0 Å². The van der Waals surface area contributed by atoms with Crippen molar-refractivity contribution in [1.29, 1.82) is 0 Å². The third-order valence-corrected chi connectivity index (χ3v) is 7.46. The van der Waals surface area contributed by atoms with E-state index in [1.165, 1.54) is 18.4 Å². The lowest BCUT2D eigenvalue weighted by molar-refractivity contribution is 0.102. The minimum absolute atomic E-state index is 0.180. The number of likely N-dealkylation sites (tertiary alicyclic amines) is 2. The molecule has 0 spiro atoms. The number of amides is 1. The van der Waals surface area contributed by atoms with Crippen molar-refractivity contribution in [3.05, 3.63) is 66.2 Å². The minimum atomic E-state index is -0.292. The second-order valence-electron chi connectivity index (χ2n) is 10.4. The molecule has 0 atom stereocenters. The number of pyridine rings is 2. The second-order valence-corrected chi connectivity index (χ2v) is 10.4. The number of nitrogens with one attached hydrogen (secondary N) is 2. The maximum Gasteiger partial charge on any atom is 0.276 e. The fraction of sp³-hybridized carbons (Fsp3) is 0.379. The molecule has 2 saturated heterocycles. The number of piperidine rings is 1. The summed E-state index contributed by atoms with van der Waals surface area (Å²) in [6.45, 7) is 5.26. The fourth-order valence-electron chi connectivity index (χ4n) is 5.29. The molecule has 196 valence electrons. The molecule has 0 aliphatic carbocycles. The van der Waals surface area contributed by atoms with E-state index in [1.807, 2.05) is 36.7 Å². The molecule has 2 fully saturated rings. The summed E-state index contributed by atoms with van der Waals surface area (Å²) in [4.78, 5) is 26.8. The maximum atomic E-state index is 13.1. The number of benzene rings is 1. The van der Waals surface area contributed by atoms with Crippen LogP contribution in [-0.4, -0.2) is 75.2 Å². The first-order valence-corrected chi connectivity index (χ1v) is 13.4. The van der Waals surface area contributed by atoms with Crippen LogP contribution >= 0.6 is 0 Å². The predicted octanol–water partition coefficient (Wildman–Crippen LogP) is 4.34. The normalized spacial score (nSPS) is 17.2. The Morgan fingerprint density at radius 3 is 2.66 bits per heavy atom. The van der Waals surface area contributed by atoms with Gasteiger partial charge in [0.1, 0.15) is 6.10 Å². The molecule has 38 heavy (non-hydrogen) atoms. The van der Waals surface area contributed by atoms with Crippen LogP contribution < -0.4 is 10.1 Å². The number of carbonyl (C=O) groups excluding carboxylic acids is 1. The van der Waals surface area contributed by atoms with Gasteiger partial charge in [0.2, 0.25) is 5.88 Å². The van der Waals surface area contributed by atoms with Crippen molar-refractivity contribution < 1.29 is 9.53 Å². The lowest BCUT2D eigenvalue weighted by atomic mass is 10.0. The molecule has 0 radical (unpaired) electrons. The average molecular weight is 512 g/mol. The Morgan fingerprint density at radius 1 is 1.03 bits per heavy atom. The number of aromatic amines is 1. The minimum Gasteiger partial charge on any atom is -0.474 e. The quantitative estimate of drug-likeness (QED) is 0.381. The first kappa shape index (κ1) is 24.5. The van der Waals surface area contributed by atoms with Crippen molar-refractivity contribution in [1.82, 2.24) is 30.0 Å². The van der Waals surface area contributed by atoms with Crippen LogP contribution in [0.5, 0.6) is 5.88 Å². The summed E-state index contributed by atoms with van der Waals surface area (Å²) in [6, 6.07) is 11.8. The van der Waals surface area contributed by atoms with E-state index < -0.39 is 0 Å². The van der Waals surface area contributed by atoms with E-state index >= 15 is 0 Å². The lowest BCUT2D eigenvalue weighted by Gasteiger charge is -2.28. The molecule has 9 heteroatoms. The number of nitrogens with zero attached hydrogens (tertiary/aromatic N) is 5. The molecule has 0 unspecified atom stereocenters. The summed E-state index contributed by atoms with van der Waals surface area (Å²) >= 11 is 0. The molecule has 2 aliphatic rings. The van der Waals surface area contributed by atoms with Gasteiger partial charge in [-0.25, -0.2) is 4.98 Å². The maximum absolute atomic E-state index is 13.1. The van der Waals surface area contributed by atoms with E-state index in [0.717, 1.165) is 67.6 Å². The van der Waals surface area contributed by atoms with E-state index in [2.05, 4.69) is 48.4 Å². The Hall–Kier alpha value is -3.82. The van der Waals surface area contributed by atoms with Crippen LogP contribution in [0.1, 0.15) is 41.7 Å². The van der Waals surface area contributed by atoms with Crippen LogP contribution in [0.3, 0.4) is 0 Å². The summed E-state index contributed by atoms with van der Waals surface area (Å²) in [6.07, 6.45) is 10.1. The number of aromatic nitrogens is 4. The van der Waals surface area contributed by atoms with Crippen LogP contribution in [0.4, 0.5) is 5.69 Å². The standard InChI is InChI=1S/C29H33N7O2/c1-35-12-8-24(9-13-35)38-27-7-5-23(18-31-27)32-29(37)28-25-15-21(4-6-26(25)33-34-28)22-14-20(16-30-17-22)19-36-10-2-3-11-36/h4-7,14-18,24H,2-3,8-13,19H2,1H3,(H,32,37)(H,33,34). The van der Waals surface area contributed by atoms with Gasteiger partial charge in [0.05, 0.1) is 17.4 Å². The SMILES string of the molecule is CN1CCC(Oc2ccc(NC(=O)c3n[nH]c4ccc(-c5cncc(CN6CCCC6)c5)cc34)cn2)CC1. The highest BCUT2D eigenvalue weighted by Crippen LogP contribution is 2.27. The van der Waals surface area contributed by atoms with Crippen LogP contribution in [-0.2, 0) is 6.54 Å². The summed E-state index contributed by atoms with van der Waals surface area (Å²) in [5, 5.41) is 11.0. The smallest absolute Gasteiger partial charge is 0.276 e. The third-order valence-electron chi connectivity index (χ3n) is 7.46. The van der Waals surface area contributed by atoms with Crippen molar-refractivity contribution in [3.63, 3.8) is 0 Å². The summed E-state index contributed by atoms with van der Waals surface area (Å²) < 4.78 is 6.02. The number of anilines is 1. The van der Waals surface area contributed by atoms with Crippen molar-refractivity contribution in [3.8, 4) is 17.0 Å². The zero-order valence-corrected chi connectivity index (χ0v) is 21.7. The Bertz CT molecular complexity index is 1400. The Labute approximate surface area is 222 Å². The fourth-order valence-corrected chi connectivity index (χ4v) is 5.29. The first-order chi connectivity index (χ1) is 18.6. The van der Waals surface area contributed by atoms with E-state index in [1.54, 1.807) is 12.3 Å². The van der Waals surface area contributed by atoms with Crippen molar-refractivity contribution in [2.24, 2.45) is 0 Å². The first-order valence-electron chi connectivity index (χ1n) is 13.4. The monoisotopic (exact) mass is 511 g/mol. The molecule has 3 aromatic heterocycles. The van der Waals surface area contributed by atoms with Gasteiger partial charge in [-0.05, 0) is 81.2 Å². The third kappa shape index (κ3) is 5.54. The zero-order valence-electron chi connectivity index (χ0n) is 21.7. The highest BCUT2D eigenvalue weighted by atomic mass is 16.5. The number of carbonyl (C=O) groups is 1. The molecular formula is C29H33N7O2. The number of H-pyrrole nitrogens is 1. The molecule has 1 aromatic carbocycles. The largest absolute Gasteiger partial charge is 0.474 e. The van der Waals surface area contributed by atoms with Crippen LogP contribution in [0.2, 0.25) is 0 Å². The summed E-state index contributed by atoms with van der Waals surface area (Å²) in [5.74, 6) is 0.285. The van der Waals surface area contributed by atoms with E-state index in [-0.39, 0.29) is 12.0 Å². The van der Waals surface area contributed by atoms with Crippen molar-refractivity contribution >= 4 is 22.5 Å². The van der Waals surface area contributed by atoms with E-state index in [0.29, 0.717) is 17.3 Å². The Morgan fingerprint density at radius 2 is 1.87 bits per heavy atom. The molecule has 1 amide bonds. The van der Waals surface area contributed by atoms with Gasteiger partial charge in [0.15, 0.2) is 5.69 Å². The van der Waals surface area contributed by atoms with Gasteiger partial charge < -0.3 is 15.0 Å². The van der Waals surface area contributed by atoms with Gasteiger partial charge in [-0.15, -0.1) is 0 Å². The molecule has 0 bridgehead atoms. The summed E-state index contributed by atoms with van der Waals surface area (Å²) in [5.41, 5.74) is 4.97. The average Bonchev–Trinajstić information content (AvgIpc) is 3.61. The van der Waals surface area contributed by atoms with Gasteiger partial charge in [0.25, 0.3) is 5.91 Å². The van der Waals surface area contributed by atoms with Gasteiger partial charge in [-0.3, -0.25) is 19.8 Å². The van der Waals surface area contributed by atoms with E-state index in [9.17, 15) is 4.79 Å². The van der Waals surface area contributed by atoms with Gasteiger partial charge >= 0.3 is 0 Å². The molecule has 2 aliphatic heterocycles. The Balaban J connectivity index is 1.15. The number of rotatable bonds is 7. The molecule has 0 saturated carbocycles. The van der Waals surface area contributed by atoms with Crippen molar-refractivity contribution in [2.75, 3.05) is 38.5 Å².